The molecule has 0 aliphatic carbocycles. The van der Waals surface area contributed by atoms with E-state index in [0.717, 1.165) is 13.0 Å². The number of rotatable bonds is 2. The second-order valence-electron chi connectivity index (χ2n) is 5.24. The van der Waals surface area contributed by atoms with Gasteiger partial charge in [-0.1, -0.05) is 12.1 Å². The third kappa shape index (κ3) is 3.05. The maximum absolute atomic E-state index is 14.0. The lowest BCUT2D eigenvalue weighted by Gasteiger charge is -2.32. The van der Waals surface area contributed by atoms with E-state index in [4.69, 9.17) is 5.26 Å². The van der Waals surface area contributed by atoms with Gasteiger partial charge < -0.3 is 9.80 Å². The number of benzene rings is 1. The lowest BCUT2D eigenvalue weighted by molar-refractivity contribution is 0.263. The second-order valence-corrected chi connectivity index (χ2v) is 5.24. The number of hydrogen-bond donors (Lipinski definition) is 0. The molecular formula is C15H20FN3. The zero-order chi connectivity index (χ0) is 13.8. The third-order valence-corrected chi connectivity index (χ3v) is 3.95. The second kappa shape index (κ2) is 6.03. The molecule has 1 saturated heterocycles. The number of anilines is 1. The number of para-hydroxylation sites is 1. The topological polar surface area (TPSA) is 30.3 Å². The molecule has 1 aliphatic heterocycles. The van der Waals surface area contributed by atoms with Crippen molar-refractivity contribution in [2.75, 3.05) is 25.0 Å². The minimum absolute atomic E-state index is 0.162. The Bertz CT molecular complexity index is 469. The van der Waals surface area contributed by atoms with Gasteiger partial charge in [0.2, 0.25) is 0 Å². The number of hydrogen-bond acceptors (Lipinski definition) is 3. The summed E-state index contributed by atoms with van der Waals surface area (Å²) < 4.78 is 14.0. The Hall–Kier alpha value is -1.60. The van der Waals surface area contributed by atoms with Crippen LogP contribution in [-0.2, 0) is 0 Å². The molecule has 0 aromatic heterocycles. The molecule has 1 aliphatic rings. The minimum Gasteiger partial charge on any atom is -0.365 e. The SMILES string of the molecule is CC1CCN(C)C(CC#N)CN1c1ccccc1F. The molecule has 4 heteroatoms. The van der Waals surface area contributed by atoms with Crippen LogP contribution in [0.2, 0.25) is 0 Å². The molecule has 0 bridgehead atoms. The third-order valence-electron chi connectivity index (χ3n) is 3.95. The van der Waals surface area contributed by atoms with Gasteiger partial charge in [-0.3, -0.25) is 0 Å². The smallest absolute Gasteiger partial charge is 0.146 e. The van der Waals surface area contributed by atoms with Gasteiger partial charge in [0.05, 0.1) is 18.2 Å². The van der Waals surface area contributed by atoms with Crippen molar-refractivity contribution in [2.45, 2.75) is 31.8 Å². The summed E-state index contributed by atoms with van der Waals surface area (Å²) in [6, 6.07) is 9.56. The summed E-state index contributed by atoms with van der Waals surface area (Å²) >= 11 is 0. The van der Waals surface area contributed by atoms with Gasteiger partial charge in [-0.05, 0) is 32.5 Å². The van der Waals surface area contributed by atoms with Crippen LogP contribution in [0.25, 0.3) is 0 Å². The van der Waals surface area contributed by atoms with E-state index in [-0.39, 0.29) is 17.9 Å². The maximum Gasteiger partial charge on any atom is 0.146 e. The zero-order valence-electron chi connectivity index (χ0n) is 11.5. The molecule has 1 heterocycles. The Morgan fingerprint density at radius 1 is 1.42 bits per heavy atom. The lowest BCUT2D eigenvalue weighted by Crippen LogP contribution is -2.41. The average Bonchev–Trinajstić information content (AvgIpc) is 2.53. The van der Waals surface area contributed by atoms with Crippen LogP contribution in [0.5, 0.6) is 0 Å². The molecule has 19 heavy (non-hydrogen) atoms. The molecule has 0 N–H and O–H groups in total. The summed E-state index contributed by atoms with van der Waals surface area (Å²) in [6.45, 7) is 3.76. The summed E-state index contributed by atoms with van der Waals surface area (Å²) in [5.74, 6) is -0.186. The normalized spacial score (nSPS) is 24.8. The van der Waals surface area contributed by atoms with E-state index in [1.54, 1.807) is 6.07 Å². The highest BCUT2D eigenvalue weighted by molar-refractivity contribution is 5.49. The Morgan fingerprint density at radius 2 is 2.16 bits per heavy atom. The van der Waals surface area contributed by atoms with Crippen LogP contribution in [-0.4, -0.2) is 37.1 Å². The first kappa shape index (κ1) is 13.8. The molecule has 0 radical (unpaired) electrons. The van der Waals surface area contributed by atoms with Crippen molar-refractivity contribution in [3.05, 3.63) is 30.1 Å². The highest BCUT2D eigenvalue weighted by atomic mass is 19.1. The van der Waals surface area contributed by atoms with Gasteiger partial charge >= 0.3 is 0 Å². The first-order valence-electron chi connectivity index (χ1n) is 6.72. The van der Waals surface area contributed by atoms with E-state index >= 15 is 0 Å². The highest BCUT2D eigenvalue weighted by Crippen LogP contribution is 2.25. The van der Waals surface area contributed by atoms with Gasteiger partial charge in [-0.2, -0.15) is 5.26 Å². The first-order chi connectivity index (χ1) is 9.13. The fourth-order valence-electron chi connectivity index (χ4n) is 2.62. The molecule has 0 amide bonds. The van der Waals surface area contributed by atoms with Crippen LogP contribution in [0.1, 0.15) is 19.8 Å². The van der Waals surface area contributed by atoms with Gasteiger partial charge in [-0.15, -0.1) is 0 Å². The monoisotopic (exact) mass is 261 g/mol. The van der Waals surface area contributed by atoms with E-state index in [1.807, 2.05) is 19.2 Å². The summed E-state index contributed by atoms with van der Waals surface area (Å²) in [5, 5.41) is 8.94. The molecule has 1 aromatic carbocycles. The van der Waals surface area contributed by atoms with E-state index in [2.05, 4.69) is 22.8 Å². The Labute approximate surface area is 114 Å². The van der Waals surface area contributed by atoms with Crippen LogP contribution in [0, 0.1) is 17.1 Å². The van der Waals surface area contributed by atoms with E-state index in [0.29, 0.717) is 18.7 Å². The highest BCUT2D eigenvalue weighted by Gasteiger charge is 2.27. The van der Waals surface area contributed by atoms with E-state index < -0.39 is 0 Å². The molecule has 3 nitrogen and oxygen atoms in total. The predicted molar refractivity (Wildman–Crippen MR) is 74.5 cm³/mol. The van der Waals surface area contributed by atoms with Crippen molar-refractivity contribution in [3.63, 3.8) is 0 Å². The summed E-state index contributed by atoms with van der Waals surface area (Å²) in [7, 11) is 2.04. The molecular weight excluding hydrogens is 241 g/mol. The van der Waals surface area contributed by atoms with Crippen LogP contribution in [0.3, 0.4) is 0 Å². The molecule has 1 aromatic rings. The van der Waals surface area contributed by atoms with Gasteiger partial charge in [0.25, 0.3) is 0 Å². The maximum atomic E-state index is 14.0. The van der Waals surface area contributed by atoms with Crippen molar-refractivity contribution >= 4 is 5.69 Å². The molecule has 2 unspecified atom stereocenters. The number of likely N-dealkylation sites (N-methyl/N-ethyl adjacent to an activating group) is 1. The van der Waals surface area contributed by atoms with Crippen molar-refractivity contribution in [1.29, 1.82) is 5.26 Å². The number of nitriles is 1. The van der Waals surface area contributed by atoms with E-state index in [1.165, 1.54) is 6.07 Å². The zero-order valence-corrected chi connectivity index (χ0v) is 11.5. The molecule has 2 rings (SSSR count). The summed E-state index contributed by atoms with van der Waals surface area (Å²) in [6.07, 6.45) is 1.46. The number of nitrogens with zero attached hydrogens (tertiary/aromatic N) is 3. The van der Waals surface area contributed by atoms with Crippen LogP contribution in [0.4, 0.5) is 10.1 Å². The van der Waals surface area contributed by atoms with Crippen molar-refractivity contribution in [2.24, 2.45) is 0 Å². The quantitative estimate of drug-likeness (QED) is 0.820. The molecule has 102 valence electrons. The Balaban J connectivity index is 2.27. The van der Waals surface area contributed by atoms with Crippen molar-refractivity contribution < 1.29 is 4.39 Å². The standard InChI is InChI=1S/C15H20FN3/c1-12-8-10-18(2)13(7-9-17)11-19(12)15-6-4-3-5-14(15)16/h3-6,12-13H,7-8,10-11H2,1-2H3. The fourth-order valence-corrected chi connectivity index (χ4v) is 2.62. The largest absolute Gasteiger partial charge is 0.365 e. The Morgan fingerprint density at radius 3 is 2.84 bits per heavy atom. The molecule has 1 fully saturated rings. The van der Waals surface area contributed by atoms with Crippen molar-refractivity contribution in [1.82, 2.24) is 4.90 Å². The van der Waals surface area contributed by atoms with Crippen LogP contribution < -0.4 is 4.90 Å². The Kier molecular flexibility index (Phi) is 4.39. The van der Waals surface area contributed by atoms with Crippen LogP contribution >= 0.6 is 0 Å². The van der Waals surface area contributed by atoms with Gasteiger partial charge in [0.1, 0.15) is 5.82 Å². The van der Waals surface area contributed by atoms with Crippen LogP contribution in [0.15, 0.2) is 24.3 Å². The molecule has 2 atom stereocenters. The van der Waals surface area contributed by atoms with Gasteiger partial charge in [0, 0.05) is 25.2 Å². The van der Waals surface area contributed by atoms with Gasteiger partial charge in [-0.25, -0.2) is 4.39 Å². The fraction of sp³-hybridized carbons (Fsp3) is 0.533. The average molecular weight is 261 g/mol. The molecule has 0 spiro atoms. The summed E-state index contributed by atoms with van der Waals surface area (Å²) in [4.78, 5) is 4.31. The van der Waals surface area contributed by atoms with E-state index in [9.17, 15) is 4.39 Å². The lowest BCUT2D eigenvalue weighted by atomic mass is 10.1. The van der Waals surface area contributed by atoms with Crippen molar-refractivity contribution in [3.8, 4) is 6.07 Å². The minimum atomic E-state index is -0.186. The first-order valence-corrected chi connectivity index (χ1v) is 6.72. The number of halogens is 1. The predicted octanol–water partition coefficient (Wildman–Crippen LogP) is 2.64. The van der Waals surface area contributed by atoms with Gasteiger partial charge in [0.15, 0.2) is 0 Å². The summed E-state index contributed by atoms with van der Waals surface area (Å²) in [5.41, 5.74) is 0.647. The molecule has 0 saturated carbocycles.